The van der Waals surface area contributed by atoms with Crippen LogP contribution in [0.2, 0.25) is 0 Å². The van der Waals surface area contributed by atoms with E-state index in [1.165, 1.54) is 77.0 Å². The summed E-state index contributed by atoms with van der Waals surface area (Å²) in [5.41, 5.74) is 0. The van der Waals surface area contributed by atoms with Crippen LogP contribution in [0.4, 0.5) is 4.79 Å². The van der Waals surface area contributed by atoms with Gasteiger partial charge in [0.15, 0.2) is 0 Å². The van der Waals surface area contributed by atoms with E-state index in [2.05, 4.69) is 53.6 Å². The fourth-order valence-corrected chi connectivity index (χ4v) is 9.66. The molecule has 0 saturated heterocycles. The summed E-state index contributed by atoms with van der Waals surface area (Å²) in [6, 6.07) is 0. The molecular weight excluding hydrogens is 901 g/mol. The molecule has 0 aromatic heterocycles. The van der Waals surface area contributed by atoms with Crippen molar-refractivity contribution in [1.29, 1.82) is 0 Å². The van der Waals surface area contributed by atoms with Crippen molar-refractivity contribution in [2.75, 3.05) is 33.7 Å². The third kappa shape index (κ3) is 46.2. The standard InChI is InChI=1S/C62H120N2O8/c1-9-14-19-31-43-56(44-32-20-15-10-2)70-60(66)49-37-29-25-23-27-35-47-58(72-62(68)64(54-41-52-63(7)8)53-40-39-51-59(65)69-55(6)42-18-13-5)48-36-28-24-26-30-38-50-61(67)71-57(45-33-21-16-11-3)46-34-22-17-12-4/h55-58H,9-54H2,1-8H3. The van der Waals surface area contributed by atoms with Crippen LogP contribution in [-0.2, 0) is 33.3 Å². The Labute approximate surface area is 446 Å². The first-order valence-corrected chi connectivity index (χ1v) is 31.2. The molecule has 0 spiro atoms. The number of hydrogen-bond acceptors (Lipinski definition) is 9. The van der Waals surface area contributed by atoms with Crippen LogP contribution in [0.25, 0.3) is 0 Å². The summed E-state index contributed by atoms with van der Waals surface area (Å²) in [7, 11) is 4.11. The predicted octanol–water partition coefficient (Wildman–Crippen LogP) is 18.0. The smallest absolute Gasteiger partial charge is 0.410 e. The summed E-state index contributed by atoms with van der Waals surface area (Å²) in [6.45, 7) is 15.1. The molecular formula is C62H120N2O8. The average Bonchev–Trinajstić information content (AvgIpc) is 3.35. The van der Waals surface area contributed by atoms with Crippen molar-refractivity contribution in [2.45, 2.75) is 342 Å². The fourth-order valence-electron chi connectivity index (χ4n) is 9.66. The van der Waals surface area contributed by atoms with Gasteiger partial charge in [0.25, 0.3) is 0 Å². The molecule has 0 N–H and O–H groups in total. The van der Waals surface area contributed by atoms with Crippen molar-refractivity contribution >= 4 is 24.0 Å². The van der Waals surface area contributed by atoms with Gasteiger partial charge in [-0.05, 0) is 143 Å². The molecule has 10 heteroatoms. The Bertz CT molecular complexity index is 1150. The summed E-state index contributed by atoms with van der Waals surface area (Å²) < 4.78 is 24.0. The van der Waals surface area contributed by atoms with E-state index in [0.29, 0.717) is 38.8 Å². The predicted molar refractivity (Wildman–Crippen MR) is 303 cm³/mol. The number of hydrogen-bond donors (Lipinski definition) is 0. The number of amides is 1. The lowest BCUT2D eigenvalue weighted by Gasteiger charge is -2.26. The topological polar surface area (TPSA) is 112 Å². The van der Waals surface area contributed by atoms with Crippen molar-refractivity contribution in [2.24, 2.45) is 0 Å². The molecule has 0 fully saturated rings. The minimum absolute atomic E-state index is 0.0219. The number of esters is 3. The summed E-state index contributed by atoms with van der Waals surface area (Å²) in [5.74, 6) is -0.196. The van der Waals surface area contributed by atoms with Gasteiger partial charge in [-0.3, -0.25) is 14.4 Å². The van der Waals surface area contributed by atoms with Gasteiger partial charge in [0.2, 0.25) is 0 Å². The molecule has 0 aliphatic carbocycles. The van der Waals surface area contributed by atoms with Gasteiger partial charge < -0.3 is 28.7 Å². The first-order chi connectivity index (χ1) is 35.0. The van der Waals surface area contributed by atoms with Crippen LogP contribution in [0.3, 0.4) is 0 Å². The van der Waals surface area contributed by atoms with E-state index < -0.39 is 0 Å². The molecule has 0 aromatic rings. The molecule has 1 amide bonds. The van der Waals surface area contributed by atoms with Gasteiger partial charge in [-0.15, -0.1) is 0 Å². The molecule has 0 aromatic carbocycles. The maximum absolute atomic E-state index is 13.9. The van der Waals surface area contributed by atoms with Crippen molar-refractivity contribution in [3.05, 3.63) is 0 Å². The lowest BCUT2D eigenvalue weighted by atomic mass is 10.0. The molecule has 72 heavy (non-hydrogen) atoms. The van der Waals surface area contributed by atoms with Crippen LogP contribution < -0.4 is 0 Å². The lowest BCUT2D eigenvalue weighted by Crippen LogP contribution is -2.37. The van der Waals surface area contributed by atoms with Gasteiger partial charge >= 0.3 is 24.0 Å². The lowest BCUT2D eigenvalue weighted by molar-refractivity contribution is -0.151. The number of ether oxygens (including phenoxy) is 4. The highest BCUT2D eigenvalue weighted by molar-refractivity contribution is 5.70. The minimum Gasteiger partial charge on any atom is -0.463 e. The first kappa shape index (κ1) is 69.6. The van der Waals surface area contributed by atoms with Gasteiger partial charge in [-0.25, -0.2) is 4.79 Å². The Kier molecular flexibility index (Phi) is 50.4. The van der Waals surface area contributed by atoms with Gasteiger partial charge in [0.05, 0.1) is 6.10 Å². The van der Waals surface area contributed by atoms with E-state index in [1.54, 1.807) is 0 Å². The molecule has 0 saturated carbocycles. The molecule has 1 unspecified atom stereocenters. The molecule has 10 nitrogen and oxygen atoms in total. The molecule has 0 aliphatic rings. The second kappa shape index (κ2) is 52.1. The number of rotatable bonds is 54. The average molecular weight is 1020 g/mol. The first-order valence-electron chi connectivity index (χ1n) is 31.2. The molecule has 1 atom stereocenters. The number of unbranched alkanes of at least 4 members (excludes halogenated alkanes) is 24. The Morgan fingerprint density at radius 3 is 1.00 bits per heavy atom. The van der Waals surface area contributed by atoms with Crippen molar-refractivity contribution in [3.8, 4) is 0 Å². The van der Waals surface area contributed by atoms with Gasteiger partial charge in [0.1, 0.15) is 18.3 Å². The maximum atomic E-state index is 13.9. The van der Waals surface area contributed by atoms with Gasteiger partial charge in [-0.1, -0.05) is 176 Å². The zero-order valence-corrected chi connectivity index (χ0v) is 49.0. The fraction of sp³-hybridized carbons (Fsp3) is 0.935. The molecule has 0 aliphatic heterocycles. The molecule has 0 rings (SSSR count). The van der Waals surface area contributed by atoms with Crippen LogP contribution in [0.1, 0.15) is 318 Å². The van der Waals surface area contributed by atoms with E-state index in [4.69, 9.17) is 18.9 Å². The highest BCUT2D eigenvalue weighted by atomic mass is 16.6. The zero-order valence-electron chi connectivity index (χ0n) is 49.0. The SMILES string of the molecule is CCCCCCC(CCCCCC)OC(=O)CCCCCCCCC(CCCCCCCCC(=O)OC(CCCCCC)CCCCCC)OC(=O)N(CCCCC(=O)OC(C)CCCC)CCCN(C)C. The van der Waals surface area contributed by atoms with Crippen LogP contribution in [0.15, 0.2) is 0 Å². The Morgan fingerprint density at radius 1 is 0.319 bits per heavy atom. The van der Waals surface area contributed by atoms with E-state index in [1.807, 2.05) is 11.8 Å². The number of carbonyl (C=O) groups is 4. The maximum Gasteiger partial charge on any atom is 0.410 e. The third-order valence-electron chi connectivity index (χ3n) is 14.3. The molecule has 0 bridgehead atoms. The van der Waals surface area contributed by atoms with Gasteiger partial charge in [0, 0.05) is 32.4 Å². The Balaban J connectivity index is 5.22. The Morgan fingerprint density at radius 2 is 0.625 bits per heavy atom. The second-order valence-electron chi connectivity index (χ2n) is 22.0. The van der Waals surface area contributed by atoms with Crippen LogP contribution in [-0.4, -0.2) is 91.9 Å². The third-order valence-corrected chi connectivity index (χ3v) is 14.3. The quantitative estimate of drug-likeness (QED) is 0.0334. The summed E-state index contributed by atoms with van der Waals surface area (Å²) in [4.78, 5) is 56.1. The van der Waals surface area contributed by atoms with Crippen LogP contribution in [0.5, 0.6) is 0 Å². The molecule has 0 heterocycles. The van der Waals surface area contributed by atoms with E-state index in [9.17, 15) is 19.2 Å². The van der Waals surface area contributed by atoms with Crippen molar-refractivity contribution in [3.63, 3.8) is 0 Å². The summed E-state index contributed by atoms with van der Waals surface area (Å²) in [5, 5.41) is 0. The second-order valence-corrected chi connectivity index (χ2v) is 22.0. The van der Waals surface area contributed by atoms with E-state index >= 15 is 0 Å². The van der Waals surface area contributed by atoms with Crippen LogP contribution >= 0.6 is 0 Å². The van der Waals surface area contributed by atoms with Crippen molar-refractivity contribution < 1.29 is 38.1 Å². The highest BCUT2D eigenvalue weighted by Crippen LogP contribution is 2.22. The summed E-state index contributed by atoms with van der Waals surface area (Å²) >= 11 is 0. The normalized spacial score (nSPS) is 12.1. The highest BCUT2D eigenvalue weighted by Gasteiger charge is 2.21. The van der Waals surface area contributed by atoms with Crippen molar-refractivity contribution in [1.82, 2.24) is 9.80 Å². The Hall–Kier alpha value is -2.36. The van der Waals surface area contributed by atoms with E-state index in [0.717, 1.165) is 180 Å². The molecule has 0 radical (unpaired) electrons. The van der Waals surface area contributed by atoms with Crippen LogP contribution in [0, 0.1) is 0 Å². The molecule has 426 valence electrons. The summed E-state index contributed by atoms with van der Waals surface area (Å²) in [6.07, 6.45) is 43.8. The zero-order chi connectivity index (χ0) is 53.1. The number of nitrogens with zero attached hydrogens (tertiary/aromatic N) is 2. The van der Waals surface area contributed by atoms with Gasteiger partial charge in [-0.2, -0.15) is 0 Å². The number of carbonyl (C=O) groups excluding carboxylic acids is 4. The minimum atomic E-state index is -0.235. The van der Waals surface area contributed by atoms with E-state index in [-0.39, 0.29) is 48.4 Å². The largest absolute Gasteiger partial charge is 0.463 e. The monoisotopic (exact) mass is 1020 g/mol.